The maximum absolute atomic E-state index is 14.3. The van der Waals surface area contributed by atoms with E-state index in [0.717, 1.165) is 61.5 Å². The lowest BCUT2D eigenvalue weighted by molar-refractivity contribution is 0.0601. The van der Waals surface area contributed by atoms with Gasteiger partial charge in [0.05, 0.1) is 17.3 Å². The third kappa shape index (κ3) is 3.65. The number of halogens is 1. The minimum absolute atomic E-state index is 0.111. The number of carbonyl (C=O) groups excluding carboxylic acids is 1. The van der Waals surface area contributed by atoms with E-state index in [1.165, 1.54) is 6.07 Å². The van der Waals surface area contributed by atoms with E-state index < -0.39 is 5.82 Å². The van der Waals surface area contributed by atoms with Crippen molar-refractivity contribution in [2.24, 2.45) is 5.73 Å². The van der Waals surface area contributed by atoms with Crippen molar-refractivity contribution in [2.75, 3.05) is 24.5 Å². The number of carbonyl (C=O) groups is 1. The van der Waals surface area contributed by atoms with Crippen molar-refractivity contribution in [3.05, 3.63) is 59.2 Å². The van der Waals surface area contributed by atoms with Crippen LogP contribution in [-0.2, 0) is 0 Å². The maximum atomic E-state index is 14.3. The number of benzene rings is 1. The van der Waals surface area contributed by atoms with Gasteiger partial charge in [-0.2, -0.15) is 5.10 Å². The van der Waals surface area contributed by atoms with Crippen molar-refractivity contribution in [3.63, 3.8) is 0 Å². The summed E-state index contributed by atoms with van der Waals surface area (Å²) in [7, 11) is 0. The van der Waals surface area contributed by atoms with E-state index in [1.54, 1.807) is 27.6 Å². The monoisotopic (exact) mass is 422 g/mol. The number of anilines is 1. The van der Waals surface area contributed by atoms with Gasteiger partial charge < -0.3 is 15.5 Å². The molecule has 1 amide bonds. The standard InChI is InChI=1S/C23H27FN6O/c1-15-13-30-21(26-22(15)28-11-9-16(25)14-28)12-19(27-30)20-8-4-5-10-29(20)23(31)17-6-2-3-7-18(17)24/h2-3,6-7,12-13,16,20H,4-5,8-11,14,25H2,1H3. The quantitative estimate of drug-likeness (QED) is 0.702. The molecule has 0 saturated carbocycles. The first-order valence-electron chi connectivity index (χ1n) is 10.9. The highest BCUT2D eigenvalue weighted by Crippen LogP contribution is 2.33. The van der Waals surface area contributed by atoms with Crippen LogP contribution in [0.2, 0.25) is 0 Å². The number of aryl methyl sites for hydroxylation is 1. The SMILES string of the molecule is Cc1cn2nc(C3CCCCN3C(=O)c3ccccc3F)cc2nc1N1CCC(N)C1. The van der Waals surface area contributed by atoms with Gasteiger partial charge in [-0.1, -0.05) is 12.1 Å². The summed E-state index contributed by atoms with van der Waals surface area (Å²) in [4.78, 5) is 22.0. The number of fused-ring (bicyclic) bond motifs is 1. The summed E-state index contributed by atoms with van der Waals surface area (Å²) in [5.74, 6) is 0.170. The molecule has 8 heteroatoms. The van der Waals surface area contributed by atoms with E-state index in [9.17, 15) is 9.18 Å². The second kappa shape index (κ2) is 7.92. The molecule has 2 saturated heterocycles. The molecule has 0 radical (unpaired) electrons. The summed E-state index contributed by atoms with van der Waals surface area (Å²) < 4.78 is 16.0. The maximum Gasteiger partial charge on any atom is 0.257 e. The molecule has 2 aliphatic heterocycles. The molecule has 2 unspecified atom stereocenters. The van der Waals surface area contributed by atoms with Crippen molar-refractivity contribution in [1.82, 2.24) is 19.5 Å². The third-order valence-electron chi connectivity index (χ3n) is 6.36. The number of hydrogen-bond acceptors (Lipinski definition) is 5. The van der Waals surface area contributed by atoms with E-state index in [4.69, 9.17) is 15.8 Å². The van der Waals surface area contributed by atoms with Crippen LogP contribution in [0.5, 0.6) is 0 Å². The molecular weight excluding hydrogens is 395 g/mol. The molecule has 0 aliphatic carbocycles. The molecule has 2 aliphatic rings. The Morgan fingerprint density at radius 2 is 2.03 bits per heavy atom. The zero-order chi connectivity index (χ0) is 21.5. The molecule has 2 fully saturated rings. The molecule has 7 nitrogen and oxygen atoms in total. The highest BCUT2D eigenvalue weighted by atomic mass is 19.1. The first-order valence-corrected chi connectivity index (χ1v) is 10.9. The van der Waals surface area contributed by atoms with Crippen LogP contribution >= 0.6 is 0 Å². The van der Waals surface area contributed by atoms with E-state index in [-0.39, 0.29) is 23.6 Å². The zero-order valence-corrected chi connectivity index (χ0v) is 17.7. The fourth-order valence-electron chi connectivity index (χ4n) is 4.75. The van der Waals surface area contributed by atoms with Gasteiger partial charge in [-0.15, -0.1) is 0 Å². The van der Waals surface area contributed by atoms with Gasteiger partial charge in [0, 0.05) is 43.5 Å². The van der Waals surface area contributed by atoms with Gasteiger partial charge >= 0.3 is 0 Å². The van der Waals surface area contributed by atoms with E-state index in [2.05, 4.69) is 4.90 Å². The Morgan fingerprint density at radius 3 is 2.81 bits per heavy atom. The third-order valence-corrected chi connectivity index (χ3v) is 6.36. The number of amides is 1. The number of nitrogens with two attached hydrogens (primary N) is 1. The lowest BCUT2D eigenvalue weighted by Gasteiger charge is -2.34. The van der Waals surface area contributed by atoms with Crippen LogP contribution in [0.4, 0.5) is 10.2 Å². The topological polar surface area (TPSA) is 79.8 Å². The molecule has 31 heavy (non-hydrogen) atoms. The predicted molar refractivity (Wildman–Crippen MR) is 117 cm³/mol. The number of likely N-dealkylation sites (tertiary alicyclic amines) is 1. The largest absolute Gasteiger partial charge is 0.355 e. The number of hydrogen-bond donors (Lipinski definition) is 1. The van der Waals surface area contributed by atoms with Gasteiger partial charge in [0.25, 0.3) is 5.91 Å². The van der Waals surface area contributed by atoms with Crippen LogP contribution in [0.25, 0.3) is 5.65 Å². The summed E-state index contributed by atoms with van der Waals surface area (Å²) >= 11 is 0. The van der Waals surface area contributed by atoms with Crippen molar-refractivity contribution in [1.29, 1.82) is 0 Å². The van der Waals surface area contributed by atoms with Gasteiger partial charge in [0.1, 0.15) is 11.6 Å². The van der Waals surface area contributed by atoms with Crippen LogP contribution in [0.1, 0.15) is 53.3 Å². The molecule has 1 aromatic carbocycles. The number of piperidine rings is 1. The van der Waals surface area contributed by atoms with Crippen molar-refractivity contribution in [2.45, 2.75) is 44.7 Å². The average molecular weight is 423 g/mol. The van der Waals surface area contributed by atoms with Crippen molar-refractivity contribution in [3.8, 4) is 0 Å². The Kier molecular flexibility index (Phi) is 5.09. The second-order valence-corrected chi connectivity index (χ2v) is 8.60. The molecule has 0 spiro atoms. The first kappa shape index (κ1) is 19.9. The first-order chi connectivity index (χ1) is 15.0. The molecular formula is C23H27FN6O. The molecule has 2 aromatic heterocycles. The Labute approximate surface area is 180 Å². The highest BCUT2D eigenvalue weighted by molar-refractivity contribution is 5.94. The Morgan fingerprint density at radius 1 is 1.19 bits per heavy atom. The van der Waals surface area contributed by atoms with Gasteiger partial charge in [-0.3, -0.25) is 4.79 Å². The predicted octanol–water partition coefficient (Wildman–Crippen LogP) is 3.08. The summed E-state index contributed by atoms with van der Waals surface area (Å²) in [5.41, 5.74) is 8.78. The van der Waals surface area contributed by atoms with E-state index >= 15 is 0 Å². The molecule has 5 rings (SSSR count). The normalized spacial score (nSPS) is 21.8. The van der Waals surface area contributed by atoms with Crippen LogP contribution in [0, 0.1) is 12.7 Å². The minimum Gasteiger partial charge on any atom is -0.355 e. The smallest absolute Gasteiger partial charge is 0.257 e. The van der Waals surface area contributed by atoms with Gasteiger partial charge in [0.2, 0.25) is 0 Å². The fourth-order valence-corrected chi connectivity index (χ4v) is 4.75. The second-order valence-electron chi connectivity index (χ2n) is 8.60. The zero-order valence-electron chi connectivity index (χ0n) is 17.7. The van der Waals surface area contributed by atoms with Crippen LogP contribution in [0.3, 0.4) is 0 Å². The van der Waals surface area contributed by atoms with Gasteiger partial charge in [0.15, 0.2) is 5.65 Å². The highest BCUT2D eigenvalue weighted by Gasteiger charge is 2.32. The van der Waals surface area contributed by atoms with Crippen LogP contribution < -0.4 is 10.6 Å². The minimum atomic E-state index is -0.488. The molecule has 162 valence electrons. The van der Waals surface area contributed by atoms with Crippen LogP contribution in [0.15, 0.2) is 36.5 Å². The Hall–Kier alpha value is -3.00. The lowest BCUT2D eigenvalue weighted by atomic mass is 9.98. The van der Waals surface area contributed by atoms with Gasteiger partial charge in [-0.25, -0.2) is 13.9 Å². The Bertz CT molecular complexity index is 1130. The summed E-state index contributed by atoms with van der Waals surface area (Å²) in [5, 5.41) is 4.75. The van der Waals surface area contributed by atoms with Gasteiger partial charge in [-0.05, 0) is 44.7 Å². The van der Waals surface area contributed by atoms with Crippen LogP contribution in [-0.4, -0.2) is 51.1 Å². The van der Waals surface area contributed by atoms with Crippen molar-refractivity contribution >= 4 is 17.4 Å². The average Bonchev–Trinajstić information content (AvgIpc) is 3.38. The summed E-state index contributed by atoms with van der Waals surface area (Å²) in [6.45, 7) is 4.33. The summed E-state index contributed by atoms with van der Waals surface area (Å²) in [6, 6.07) is 8.11. The number of nitrogens with zero attached hydrogens (tertiary/aromatic N) is 5. The van der Waals surface area contributed by atoms with E-state index in [0.29, 0.717) is 6.54 Å². The number of rotatable bonds is 3. The van der Waals surface area contributed by atoms with Crippen molar-refractivity contribution < 1.29 is 9.18 Å². The molecule has 3 aromatic rings. The Balaban J connectivity index is 1.48. The van der Waals surface area contributed by atoms with E-state index in [1.807, 2.05) is 19.2 Å². The fraction of sp³-hybridized carbons (Fsp3) is 0.435. The summed E-state index contributed by atoms with van der Waals surface area (Å²) in [6.07, 6.45) is 5.66. The molecule has 0 bridgehead atoms. The molecule has 4 heterocycles. The molecule has 2 N–H and O–H groups in total. The lowest BCUT2D eigenvalue weighted by Crippen LogP contribution is -2.39. The molecule has 2 atom stereocenters. The number of aromatic nitrogens is 3.